The first-order chi connectivity index (χ1) is 9.10. The smallest absolute Gasteiger partial charge is 0.211 e. The van der Waals surface area contributed by atoms with Crippen molar-refractivity contribution in [1.29, 1.82) is 5.26 Å². The van der Waals surface area contributed by atoms with Gasteiger partial charge in [0.2, 0.25) is 10.0 Å². The minimum atomic E-state index is -3.67. The highest BCUT2D eigenvalue weighted by atomic mass is 35.5. The second-order valence-corrected chi connectivity index (χ2v) is 7.87. The Morgan fingerprint density at radius 3 is 2.45 bits per heavy atom. The molecule has 0 aliphatic heterocycles. The Morgan fingerprint density at radius 2 is 2.00 bits per heavy atom. The van der Waals surface area contributed by atoms with Crippen molar-refractivity contribution in [2.24, 2.45) is 11.3 Å². The molecule has 6 heteroatoms. The summed E-state index contributed by atoms with van der Waals surface area (Å²) in [5.74, 6) is 0.335. The normalized spacial score (nSPS) is 12.4. The first kappa shape index (κ1) is 17.0. The zero-order valence-corrected chi connectivity index (χ0v) is 13.6. The fourth-order valence-electron chi connectivity index (χ4n) is 1.35. The number of rotatable bonds is 5. The summed E-state index contributed by atoms with van der Waals surface area (Å²) in [5.41, 5.74) is 0.169. The zero-order valence-electron chi connectivity index (χ0n) is 12.1. The van der Waals surface area contributed by atoms with Crippen molar-refractivity contribution in [1.82, 2.24) is 4.72 Å². The Bertz CT molecular complexity index is 631. The average molecular weight is 315 g/mol. The Labute approximate surface area is 125 Å². The van der Waals surface area contributed by atoms with Crippen LogP contribution in [0.4, 0.5) is 0 Å². The van der Waals surface area contributed by atoms with Gasteiger partial charge in [0.1, 0.15) is 4.90 Å². The van der Waals surface area contributed by atoms with E-state index in [4.69, 9.17) is 16.9 Å². The van der Waals surface area contributed by atoms with Crippen LogP contribution in [0.1, 0.15) is 33.3 Å². The molecule has 0 fully saturated rings. The Balaban J connectivity index is 2.99. The van der Waals surface area contributed by atoms with E-state index in [0.29, 0.717) is 18.0 Å². The lowest BCUT2D eigenvalue weighted by atomic mass is 9.81. The summed E-state index contributed by atoms with van der Waals surface area (Å²) in [4.78, 5) is -0.00211. The van der Waals surface area contributed by atoms with E-state index in [0.717, 1.165) is 0 Å². The number of benzene rings is 1. The van der Waals surface area contributed by atoms with Gasteiger partial charge in [0.15, 0.2) is 0 Å². The molecule has 1 rings (SSSR count). The number of nitrogens with one attached hydrogen (secondary N) is 1. The maximum atomic E-state index is 12.2. The largest absolute Gasteiger partial charge is 0.242 e. The summed E-state index contributed by atoms with van der Waals surface area (Å²) < 4.78 is 27.1. The summed E-state index contributed by atoms with van der Waals surface area (Å²) >= 11 is 5.93. The molecule has 20 heavy (non-hydrogen) atoms. The lowest BCUT2D eigenvalue weighted by Crippen LogP contribution is -2.37. The van der Waals surface area contributed by atoms with Crippen LogP contribution in [0.25, 0.3) is 0 Å². The minimum absolute atomic E-state index is 0.00211. The third-order valence-electron chi connectivity index (χ3n) is 3.63. The van der Waals surface area contributed by atoms with Crippen molar-refractivity contribution in [2.75, 3.05) is 6.54 Å². The molecule has 0 saturated carbocycles. The van der Waals surface area contributed by atoms with Crippen molar-refractivity contribution in [2.45, 2.75) is 32.6 Å². The molecule has 0 unspecified atom stereocenters. The first-order valence-electron chi connectivity index (χ1n) is 6.29. The molecule has 1 N–H and O–H groups in total. The maximum absolute atomic E-state index is 12.2. The maximum Gasteiger partial charge on any atom is 0.242 e. The molecule has 0 spiro atoms. The fraction of sp³-hybridized carbons (Fsp3) is 0.500. The number of sulfonamides is 1. The predicted octanol–water partition coefficient (Wildman–Crippen LogP) is 3.17. The van der Waals surface area contributed by atoms with Crippen LogP contribution in [0.3, 0.4) is 0 Å². The van der Waals surface area contributed by atoms with Gasteiger partial charge in [-0.3, -0.25) is 0 Å². The second kappa shape index (κ2) is 6.13. The van der Waals surface area contributed by atoms with Crippen molar-refractivity contribution in [3.8, 4) is 6.07 Å². The lowest BCUT2D eigenvalue weighted by molar-refractivity contribution is 0.252. The molecule has 0 bridgehead atoms. The molecule has 0 aliphatic carbocycles. The molecule has 1 aromatic rings. The SMILES string of the molecule is CC(C)C(C)(C)CNS(=O)(=O)c1ccc(C#N)cc1Cl. The van der Waals surface area contributed by atoms with Gasteiger partial charge in [0.05, 0.1) is 16.7 Å². The van der Waals surface area contributed by atoms with Crippen LogP contribution in [0, 0.1) is 22.7 Å². The predicted molar refractivity (Wildman–Crippen MR) is 80.0 cm³/mol. The van der Waals surface area contributed by atoms with E-state index < -0.39 is 10.0 Å². The quantitative estimate of drug-likeness (QED) is 0.907. The Kier molecular flexibility index (Phi) is 5.20. The van der Waals surface area contributed by atoms with Crippen molar-refractivity contribution in [3.05, 3.63) is 28.8 Å². The molecule has 1 aromatic carbocycles. The van der Waals surface area contributed by atoms with Crippen LogP contribution in [-0.4, -0.2) is 15.0 Å². The molecule has 0 heterocycles. The highest BCUT2D eigenvalue weighted by Gasteiger charge is 2.26. The van der Waals surface area contributed by atoms with E-state index in [1.807, 2.05) is 33.8 Å². The molecule has 0 amide bonds. The molecule has 0 aromatic heterocycles. The van der Waals surface area contributed by atoms with Gasteiger partial charge in [0, 0.05) is 6.54 Å². The fourth-order valence-corrected chi connectivity index (χ4v) is 3.12. The van der Waals surface area contributed by atoms with Gasteiger partial charge in [0.25, 0.3) is 0 Å². The van der Waals surface area contributed by atoms with Crippen LogP contribution in [0.15, 0.2) is 23.1 Å². The summed E-state index contributed by atoms with van der Waals surface area (Å²) in [7, 11) is -3.67. The van der Waals surface area contributed by atoms with Crippen LogP contribution < -0.4 is 4.72 Å². The zero-order chi connectivity index (χ0) is 15.6. The molecular formula is C14H19ClN2O2S. The third kappa shape index (κ3) is 3.95. The highest BCUT2D eigenvalue weighted by Crippen LogP contribution is 2.27. The van der Waals surface area contributed by atoms with Gasteiger partial charge in [-0.25, -0.2) is 13.1 Å². The van der Waals surface area contributed by atoms with Gasteiger partial charge < -0.3 is 0 Å². The van der Waals surface area contributed by atoms with Crippen LogP contribution in [-0.2, 0) is 10.0 Å². The number of hydrogen-bond donors (Lipinski definition) is 1. The number of nitrogens with zero attached hydrogens (tertiary/aromatic N) is 1. The van der Waals surface area contributed by atoms with E-state index in [1.54, 1.807) is 0 Å². The molecule has 0 aliphatic rings. The van der Waals surface area contributed by atoms with Gasteiger partial charge in [-0.15, -0.1) is 0 Å². The number of nitriles is 1. The van der Waals surface area contributed by atoms with Crippen LogP contribution >= 0.6 is 11.6 Å². The van der Waals surface area contributed by atoms with Crippen LogP contribution in [0.2, 0.25) is 5.02 Å². The standard InChI is InChI=1S/C14H19ClN2O2S/c1-10(2)14(3,4)9-17-20(18,19)13-6-5-11(8-16)7-12(13)15/h5-7,10,17H,9H2,1-4H3. The topological polar surface area (TPSA) is 70.0 Å². The van der Waals surface area contributed by atoms with E-state index in [9.17, 15) is 8.42 Å². The average Bonchev–Trinajstić information content (AvgIpc) is 2.36. The van der Waals surface area contributed by atoms with Gasteiger partial charge in [-0.05, 0) is 29.5 Å². The molecule has 0 atom stereocenters. The van der Waals surface area contributed by atoms with Crippen molar-refractivity contribution < 1.29 is 8.42 Å². The monoisotopic (exact) mass is 314 g/mol. The highest BCUT2D eigenvalue weighted by molar-refractivity contribution is 7.89. The lowest BCUT2D eigenvalue weighted by Gasteiger charge is -2.29. The van der Waals surface area contributed by atoms with Gasteiger partial charge in [-0.2, -0.15) is 5.26 Å². The third-order valence-corrected chi connectivity index (χ3v) is 5.52. The molecule has 0 radical (unpaired) electrons. The first-order valence-corrected chi connectivity index (χ1v) is 8.15. The van der Waals surface area contributed by atoms with E-state index in [1.165, 1.54) is 18.2 Å². The van der Waals surface area contributed by atoms with Crippen molar-refractivity contribution in [3.63, 3.8) is 0 Å². The van der Waals surface area contributed by atoms with Gasteiger partial charge in [-0.1, -0.05) is 39.3 Å². The van der Waals surface area contributed by atoms with Gasteiger partial charge >= 0.3 is 0 Å². The Morgan fingerprint density at radius 1 is 1.40 bits per heavy atom. The molecule has 0 saturated heterocycles. The van der Waals surface area contributed by atoms with E-state index in [2.05, 4.69) is 4.72 Å². The van der Waals surface area contributed by atoms with E-state index >= 15 is 0 Å². The molecule has 110 valence electrons. The van der Waals surface area contributed by atoms with Crippen LogP contribution in [0.5, 0.6) is 0 Å². The summed E-state index contributed by atoms with van der Waals surface area (Å²) in [6.07, 6.45) is 0. The van der Waals surface area contributed by atoms with Crippen molar-refractivity contribution >= 4 is 21.6 Å². The summed E-state index contributed by atoms with van der Waals surface area (Å²) in [6, 6.07) is 6.06. The summed E-state index contributed by atoms with van der Waals surface area (Å²) in [5, 5.41) is 8.81. The minimum Gasteiger partial charge on any atom is -0.211 e. The Hall–Kier alpha value is -1.09. The molecular weight excluding hydrogens is 296 g/mol. The number of hydrogen-bond acceptors (Lipinski definition) is 3. The van der Waals surface area contributed by atoms with E-state index in [-0.39, 0.29) is 15.3 Å². The summed E-state index contributed by atoms with van der Waals surface area (Å²) in [6.45, 7) is 8.41. The number of halogens is 1. The second-order valence-electron chi connectivity index (χ2n) is 5.72. The molecule has 4 nitrogen and oxygen atoms in total.